The second kappa shape index (κ2) is 8.60. The van der Waals surface area contributed by atoms with Gasteiger partial charge in [0, 0.05) is 36.6 Å². The first kappa shape index (κ1) is 20.6. The molecule has 0 radical (unpaired) electrons. The fourth-order valence-corrected chi connectivity index (χ4v) is 5.28. The summed E-state index contributed by atoms with van der Waals surface area (Å²) < 4.78 is 7.59. The third kappa shape index (κ3) is 3.99. The van der Waals surface area contributed by atoms with E-state index in [2.05, 4.69) is 4.98 Å². The van der Waals surface area contributed by atoms with Gasteiger partial charge in [-0.05, 0) is 57.4 Å². The molecule has 158 valence electrons. The molecule has 3 aromatic rings. The molecule has 0 saturated carbocycles. The molecule has 4 rings (SSSR count). The predicted molar refractivity (Wildman–Crippen MR) is 118 cm³/mol. The number of pyridine rings is 1. The Balaban J connectivity index is 1.65. The van der Waals surface area contributed by atoms with Crippen LogP contribution in [0.2, 0.25) is 0 Å². The van der Waals surface area contributed by atoms with E-state index in [1.54, 1.807) is 6.92 Å². The van der Waals surface area contributed by atoms with Gasteiger partial charge in [-0.15, -0.1) is 11.3 Å². The van der Waals surface area contributed by atoms with Crippen LogP contribution in [-0.4, -0.2) is 45.5 Å². The molecule has 0 N–H and O–H groups in total. The summed E-state index contributed by atoms with van der Waals surface area (Å²) >= 11 is 1.32. The highest BCUT2D eigenvalue weighted by atomic mass is 32.1. The molecule has 6 nitrogen and oxygen atoms in total. The van der Waals surface area contributed by atoms with Crippen molar-refractivity contribution in [3.63, 3.8) is 0 Å². The molecule has 1 amide bonds. The lowest BCUT2D eigenvalue weighted by Gasteiger charge is -2.24. The summed E-state index contributed by atoms with van der Waals surface area (Å²) in [5.41, 5.74) is 2.74. The van der Waals surface area contributed by atoms with E-state index < -0.39 is 12.1 Å². The lowest BCUT2D eigenvalue weighted by atomic mass is 10.1. The minimum atomic E-state index is -0.811. The number of aromatic nitrogens is 2. The second-order valence-corrected chi connectivity index (χ2v) is 8.92. The number of esters is 1. The maximum Gasteiger partial charge on any atom is 0.351 e. The molecule has 30 heavy (non-hydrogen) atoms. The Hall–Kier alpha value is -2.67. The minimum absolute atomic E-state index is 0.112. The molecule has 0 aliphatic carbocycles. The number of ether oxygens (including phenoxy) is 1. The lowest BCUT2D eigenvalue weighted by molar-refractivity contribution is -0.139. The van der Waals surface area contributed by atoms with Crippen molar-refractivity contribution in [3.05, 3.63) is 46.7 Å². The van der Waals surface area contributed by atoms with E-state index in [0.717, 1.165) is 65.9 Å². The van der Waals surface area contributed by atoms with Gasteiger partial charge in [0.05, 0.1) is 5.69 Å². The van der Waals surface area contributed by atoms with Crippen molar-refractivity contribution in [3.8, 4) is 5.69 Å². The number of carbonyl (C=O) groups is 2. The van der Waals surface area contributed by atoms with Crippen LogP contribution in [0.25, 0.3) is 15.9 Å². The standard InChI is InChI=1S/C23H27N3O3S/c1-15-14-16(2)24-21-18(15)19(25-10-8-9-11-25)20(30-21)23(28)29-17(3)22(27)26-12-6-4-5-7-13-26/h8-11,14,17H,4-7,12-13H2,1-3H3. The number of aryl methyl sites for hydroxylation is 2. The molecule has 3 aromatic heterocycles. The minimum Gasteiger partial charge on any atom is -0.448 e. The van der Waals surface area contributed by atoms with Gasteiger partial charge in [-0.3, -0.25) is 4.79 Å². The topological polar surface area (TPSA) is 64.4 Å². The molecule has 0 spiro atoms. The normalized spacial score (nSPS) is 15.8. The number of nitrogens with zero attached hydrogens (tertiary/aromatic N) is 3. The number of amides is 1. The molecule has 7 heteroatoms. The van der Waals surface area contributed by atoms with Crippen molar-refractivity contribution in [1.29, 1.82) is 0 Å². The first-order chi connectivity index (χ1) is 14.5. The van der Waals surface area contributed by atoms with Crippen LogP contribution in [0.5, 0.6) is 0 Å². The van der Waals surface area contributed by atoms with Crippen molar-refractivity contribution >= 4 is 33.4 Å². The molecule has 0 bridgehead atoms. The van der Waals surface area contributed by atoms with Crippen LogP contribution in [-0.2, 0) is 9.53 Å². The van der Waals surface area contributed by atoms with Crippen molar-refractivity contribution in [2.45, 2.75) is 52.6 Å². The molecular weight excluding hydrogens is 398 g/mol. The fourth-order valence-electron chi connectivity index (χ4n) is 4.10. The number of hydrogen-bond donors (Lipinski definition) is 0. The Bertz CT molecular complexity index is 1060. The quantitative estimate of drug-likeness (QED) is 0.571. The molecule has 1 aliphatic rings. The van der Waals surface area contributed by atoms with E-state index in [1.807, 2.05) is 53.9 Å². The molecule has 1 atom stereocenters. The molecule has 1 saturated heterocycles. The monoisotopic (exact) mass is 425 g/mol. The van der Waals surface area contributed by atoms with Gasteiger partial charge in [0.1, 0.15) is 9.71 Å². The van der Waals surface area contributed by atoms with E-state index >= 15 is 0 Å². The average Bonchev–Trinajstić information content (AvgIpc) is 3.27. The summed E-state index contributed by atoms with van der Waals surface area (Å²) in [5, 5.41) is 0.945. The number of rotatable bonds is 4. The predicted octanol–water partition coefficient (Wildman–Crippen LogP) is 4.65. The largest absolute Gasteiger partial charge is 0.448 e. The van der Waals surface area contributed by atoms with Gasteiger partial charge in [0.25, 0.3) is 5.91 Å². The van der Waals surface area contributed by atoms with Gasteiger partial charge < -0.3 is 14.2 Å². The fraction of sp³-hybridized carbons (Fsp3) is 0.435. The molecule has 0 aromatic carbocycles. The molecule has 1 fully saturated rings. The molecular formula is C23H27N3O3S. The van der Waals surface area contributed by atoms with Gasteiger partial charge in [-0.2, -0.15) is 0 Å². The highest BCUT2D eigenvalue weighted by Gasteiger charge is 2.28. The van der Waals surface area contributed by atoms with Crippen molar-refractivity contribution in [1.82, 2.24) is 14.5 Å². The first-order valence-electron chi connectivity index (χ1n) is 10.5. The summed E-state index contributed by atoms with van der Waals surface area (Å²) in [6.07, 6.45) is 7.30. The Morgan fingerprint density at radius 1 is 1.10 bits per heavy atom. The van der Waals surface area contributed by atoms with Gasteiger partial charge >= 0.3 is 5.97 Å². The van der Waals surface area contributed by atoms with Crippen molar-refractivity contribution in [2.24, 2.45) is 0 Å². The maximum absolute atomic E-state index is 13.2. The highest BCUT2D eigenvalue weighted by molar-refractivity contribution is 7.21. The van der Waals surface area contributed by atoms with Crippen LogP contribution in [0.1, 0.15) is 53.5 Å². The van der Waals surface area contributed by atoms with Crippen molar-refractivity contribution in [2.75, 3.05) is 13.1 Å². The maximum atomic E-state index is 13.2. The highest BCUT2D eigenvalue weighted by Crippen LogP contribution is 2.36. The average molecular weight is 426 g/mol. The van der Waals surface area contributed by atoms with Crippen LogP contribution in [0, 0.1) is 13.8 Å². The lowest BCUT2D eigenvalue weighted by Crippen LogP contribution is -2.40. The SMILES string of the molecule is Cc1cc(C)c2c(-n3cccc3)c(C(=O)OC(C)C(=O)N3CCCCCC3)sc2n1. The Labute approximate surface area is 180 Å². The molecule has 4 heterocycles. The van der Waals surface area contributed by atoms with Crippen molar-refractivity contribution < 1.29 is 14.3 Å². The van der Waals surface area contributed by atoms with Gasteiger partial charge in [0.2, 0.25) is 0 Å². The van der Waals surface area contributed by atoms with E-state index in [-0.39, 0.29) is 5.91 Å². The van der Waals surface area contributed by atoms with E-state index in [0.29, 0.717) is 4.88 Å². The van der Waals surface area contributed by atoms with E-state index in [4.69, 9.17) is 4.74 Å². The zero-order valence-electron chi connectivity index (χ0n) is 17.7. The number of likely N-dealkylation sites (tertiary alicyclic amines) is 1. The Kier molecular flexibility index (Phi) is 5.90. The van der Waals surface area contributed by atoms with Crippen LogP contribution in [0.3, 0.4) is 0 Å². The van der Waals surface area contributed by atoms with E-state index in [9.17, 15) is 9.59 Å². The molecule has 1 aliphatic heterocycles. The third-order valence-corrected chi connectivity index (χ3v) is 6.61. The number of hydrogen-bond acceptors (Lipinski definition) is 5. The van der Waals surface area contributed by atoms with Gasteiger partial charge in [-0.1, -0.05) is 12.8 Å². The number of thiophene rings is 1. The summed E-state index contributed by atoms with van der Waals surface area (Å²) in [4.78, 5) is 33.7. The van der Waals surface area contributed by atoms with Crippen LogP contribution in [0.15, 0.2) is 30.6 Å². The van der Waals surface area contributed by atoms with Crippen LogP contribution < -0.4 is 0 Å². The first-order valence-corrected chi connectivity index (χ1v) is 11.3. The number of carbonyl (C=O) groups excluding carboxylic acids is 2. The summed E-state index contributed by atoms with van der Waals surface area (Å²) in [6.45, 7) is 7.11. The van der Waals surface area contributed by atoms with Gasteiger partial charge in [0.15, 0.2) is 6.10 Å². The van der Waals surface area contributed by atoms with Gasteiger partial charge in [-0.25, -0.2) is 9.78 Å². The third-order valence-electron chi connectivity index (χ3n) is 5.56. The summed E-state index contributed by atoms with van der Waals surface area (Å²) in [5.74, 6) is -0.589. The Morgan fingerprint density at radius 2 is 1.77 bits per heavy atom. The second-order valence-electron chi connectivity index (χ2n) is 7.92. The zero-order valence-corrected chi connectivity index (χ0v) is 18.5. The van der Waals surface area contributed by atoms with Crippen LogP contribution >= 0.6 is 11.3 Å². The zero-order chi connectivity index (χ0) is 21.3. The molecule has 1 unspecified atom stereocenters. The number of fused-ring (bicyclic) bond motifs is 1. The Morgan fingerprint density at radius 3 is 2.43 bits per heavy atom. The summed E-state index contributed by atoms with van der Waals surface area (Å²) in [7, 11) is 0. The van der Waals surface area contributed by atoms with E-state index in [1.165, 1.54) is 11.3 Å². The smallest absolute Gasteiger partial charge is 0.351 e. The van der Waals surface area contributed by atoms with Crippen LogP contribution in [0.4, 0.5) is 0 Å². The summed E-state index contributed by atoms with van der Waals surface area (Å²) in [6, 6.07) is 5.85.